The highest BCUT2D eigenvalue weighted by molar-refractivity contribution is 7.22. The molecule has 2 fully saturated rings. The molecule has 1 aliphatic heterocycles. The zero-order chi connectivity index (χ0) is 15.1. The minimum atomic E-state index is -0.236. The summed E-state index contributed by atoms with van der Waals surface area (Å²) in [7, 11) is 0. The van der Waals surface area contributed by atoms with Crippen LogP contribution in [0.1, 0.15) is 25.7 Å². The average Bonchev–Trinajstić information content (AvgIpc) is 3.05. The zero-order valence-corrected chi connectivity index (χ0v) is 13.0. The third-order valence-electron chi connectivity index (χ3n) is 4.56. The number of benzene rings is 1. The van der Waals surface area contributed by atoms with E-state index < -0.39 is 0 Å². The van der Waals surface area contributed by atoms with Crippen molar-refractivity contribution in [3.05, 3.63) is 24.0 Å². The Bertz CT molecular complexity index is 704. The molecule has 0 unspecified atom stereocenters. The number of nitrogens with one attached hydrogen (secondary N) is 1. The highest BCUT2D eigenvalue weighted by atomic mass is 32.1. The lowest BCUT2D eigenvalue weighted by molar-refractivity contribution is -0.126. The molecule has 0 atom stereocenters. The van der Waals surface area contributed by atoms with Crippen molar-refractivity contribution in [3.8, 4) is 0 Å². The van der Waals surface area contributed by atoms with Gasteiger partial charge in [-0.25, -0.2) is 9.37 Å². The van der Waals surface area contributed by atoms with Crippen LogP contribution in [0.5, 0.6) is 0 Å². The largest absolute Gasteiger partial charge is 0.353 e. The van der Waals surface area contributed by atoms with Crippen molar-refractivity contribution < 1.29 is 9.18 Å². The first kappa shape index (κ1) is 13.9. The van der Waals surface area contributed by atoms with Crippen LogP contribution in [0.25, 0.3) is 10.2 Å². The molecule has 1 amide bonds. The maximum Gasteiger partial charge on any atom is 0.226 e. The predicted octanol–water partition coefficient (Wildman–Crippen LogP) is 2.93. The van der Waals surface area contributed by atoms with E-state index in [1.165, 1.54) is 36.3 Å². The van der Waals surface area contributed by atoms with Crippen molar-refractivity contribution in [3.63, 3.8) is 0 Å². The number of aromatic nitrogens is 1. The summed E-state index contributed by atoms with van der Waals surface area (Å²) >= 11 is 1.49. The molecule has 116 valence electrons. The Labute approximate surface area is 132 Å². The van der Waals surface area contributed by atoms with Crippen LogP contribution in [0.2, 0.25) is 0 Å². The Kier molecular flexibility index (Phi) is 3.48. The molecule has 2 aromatic rings. The summed E-state index contributed by atoms with van der Waals surface area (Å²) in [4.78, 5) is 18.8. The Balaban J connectivity index is 1.38. The summed E-state index contributed by atoms with van der Waals surface area (Å²) in [5, 5.41) is 4.03. The number of carbonyl (C=O) groups excluding carboxylic acids is 1. The third-order valence-corrected chi connectivity index (χ3v) is 5.64. The highest BCUT2D eigenvalue weighted by Crippen LogP contribution is 2.33. The molecular weight excluding hydrogens is 301 g/mol. The van der Waals surface area contributed by atoms with E-state index in [-0.39, 0.29) is 17.6 Å². The molecule has 0 radical (unpaired) electrons. The number of halogens is 1. The van der Waals surface area contributed by atoms with Crippen LogP contribution in [0, 0.1) is 11.7 Å². The number of rotatable bonds is 3. The lowest BCUT2D eigenvalue weighted by Crippen LogP contribution is -2.55. The van der Waals surface area contributed by atoms with Gasteiger partial charge in [0.05, 0.1) is 16.1 Å². The topological polar surface area (TPSA) is 45.2 Å². The van der Waals surface area contributed by atoms with Crippen molar-refractivity contribution >= 4 is 32.6 Å². The fourth-order valence-corrected chi connectivity index (χ4v) is 4.22. The summed E-state index contributed by atoms with van der Waals surface area (Å²) in [6.45, 7) is 1.42. The van der Waals surface area contributed by atoms with Crippen molar-refractivity contribution in [1.29, 1.82) is 0 Å². The number of anilines is 1. The molecular formula is C16H18FN3OS. The summed E-state index contributed by atoms with van der Waals surface area (Å²) < 4.78 is 14.1. The first-order valence-corrected chi connectivity index (χ1v) is 8.62. The minimum absolute atomic E-state index is 0.0596. The number of fused-ring (bicyclic) bond motifs is 1. The molecule has 1 saturated heterocycles. The standard InChI is InChI=1S/C16H18FN3OS/c17-11-5-6-13-14(7-11)22-16(19-13)20-8-10(9-20)15(21)18-12-3-1-2-4-12/h5-7,10,12H,1-4,8-9H2,(H,18,21). The van der Waals surface area contributed by atoms with Crippen molar-refractivity contribution in [2.24, 2.45) is 5.92 Å². The van der Waals surface area contributed by atoms with Crippen LogP contribution in [0.3, 0.4) is 0 Å². The zero-order valence-electron chi connectivity index (χ0n) is 12.2. The van der Waals surface area contributed by atoms with E-state index in [2.05, 4.69) is 15.2 Å². The van der Waals surface area contributed by atoms with Crippen LogP contribution in [-0.2, 0) is 4.79 Å². The molecule has 4 rings (SSSR count). The minimum Gasteiger partial charge on any atom is -0.353 e. The normalized spacial score (nSPS) is 19.6. The van der Waals surface area contributed by atoms with Gasteiger partial charge in [0, 0.05) is 19.1 Å². The fourth-order valence-electron chi connectivity index (χ4n) is 3.21. The lowest BCUT2D eigenvalue weighted by atomic mass is 9.99. The van der Waals surface area contributed by atoms with E-state index in [0.29, 0.717) is 19.1 Å². The summed E-state index contributed by atoms with van der Waals surface area (Å²) in [6.07, 6.45) is 4.69. The van der Waals surface area contributed by atoms with E-state index in [1.807, 2.05) is 0 Å². The molecule has 1 N–H and O–H groups in total. The van der Waals surface area contributed by atoms with Gasteiger partial charge in [-0.15, -0.1) is 0 Å². The van der Waals surface area contributed by atoms with E-state index in [4.69, 9.17) is 0 Å². The Morgan fingerprint density at radius 1 is 1.32 bits per heavy atom. The molecule has 1 aliphatic carbocycles. The van der Waals surface area contributed by atoms with Gasteiger partial charge in [-0.3, -0.25) is 4.79 Å². The quantitative estimate of drug-likeness (QED) is 0.946. The van der Waals surface area contributed by atoms with Gasteiger partial charge < -0.3 is 10.2 Å². The molecule has 1 aromatic heterocycles. The molecule has 0 spiro atoms. The molecule has 2 aliphatic rings. The second-order valence-corrected chi connectivity index (χ2v) is 7.21. The van der Waals surface area contributed by atoms with E-state index in [0.717, 1.165) is 28.2 Å². The van der Waals surface area contributed by atoms with Crippen molar-refractivity contribution in [2.75, 3.05) is 18.0 Å². The van der Waals surface area contributed by atoms with Crippen molar-refractivity contribution in [2.45, 2.75) is 31.7 Å². The van der Waals surface area contributed by atoms with Crippen LogP contribution in [0.15, 0.2) is 18.2 Å². The van der Waals surface area contributed by atoms with Gasteiger partial charge in [-0.2, -0.15) is 0 Å². The Hall–Kier alpha value is -1.69. The predicted molar refractivity (Wildman–Crippen MR) is 85.7 cm³/mol. The van der Waals surface area contributed by atoms with Crippen LogP contribution in [-0.4, -0.2) is 30.0 Å². The van der Waals surface area contributed by atoms with E-state index in [1.54, 1.807) is 6.07 Å². The molecule has 1 aromatic carbocycles. The van der Waals surface area contributed by atoms with Crippen LogP contribution in [0.4, 0.5) is 9.52 Å². The number of amides is 1. The van der Waals surface area contributed by atoms with Gasteiger partial charge in [0.1, 0.15) is 5.82 Å². The fraction of sp³-hybridized carbons (Fsp3) is 0.500. The van der Waals surface area contributed by atoms with E-state index >= 15 is 0 Å². The second kappa shape index (κ2) is 5.50. The van der Waals surface area contributed by atoms with Gasteiger partial charge in [0.2, 0.25) is 5.91 Å². The summed E-state index contributed by atoms with van der Waals surface area (Å²) in [5.41, 5.74) is 0.820. The SMILES string of the molecule is O=C(NC1CCCC1)C1CN(c2nc3ccc(F)cc3s2)C1. The van der Waals surface area contributed by atoms with Crippen LogP contribution >= 0.6 is 11.3 Å². The van der Waals surface area contributed by atoms with Crippen LogP contribution < -0.4 is 10.2 Å². The van der Waals surface area contributed by atoms with Gasteiger partial charge >= 0.3 is 0 Å². The van der Waals surface area contributed by atoms with Gasteiger partial charge in [-0.05, 0) is 31.0 Å². The monoisotopic (exact) mass is 319 g/mol. The summed E-state index contributed by atoms with van der Waals surface area (Å²) in [6, 6.07) is 5.03. The Morgan fingerprint density at radius 2 is 2.09 bits per heavy atom. The average molecular weight is 319 g/mol. The molecule has 1 saturated carbocycles. The lowest BCUT2D eigenvalue weighted by Gasteiger charge is -2.38. The van der Waals surface area contributed by atoms with Crippen molar-refractivity contribution in [1.82, 2.24) is 10.3 Å². The number of hydrogen-bond acceptors (Lipinski definition) is 4. The number of nitrogens with zero attached hydrogens (tertiary/aromatic N) is 2. The highest BCUT2D eigenvalue weighted by Gasteiger charge is 2.35. The maximum absolute atomic E-state index is 13.2. The molecule has 6 heteroatoms. The van der Waals surface area contributed by atoms with Gasteiger partial charge in [0.25, 0.3) is 0 Å². The first-order chi connectivity index (χ1) is 10.7. The van der Waals surface area contributed by atoms with Gasteiger partial charge in [0.15, 0.2) is 5.13 Å². The number of hydrogen-bond donors (Lipinski definition) is 1. The molecule has 0 bridgehead atoms. The Morgan fingerprint density at radius 3 is 2.86 bits per heavy atom. The molecule has 22 heavy (non-hydrogen) atoms. The third kappa shape index (κ3) is 2.56. The second-order valence-electron chi connectivity index (χ2n) is 6.20. The number of thiazole rings is 1. The molecule has 4 nitrogen and oxygen atoms in total. The van der Waals surface area contributed by atoms with Gasteiger partial charge in [-0.1, -0.05) is 24.2 Å². The smallest absolute Gasteiger partial charge is 0.226 e. The summed E-state index contributed by atoms with van der Waals surface area (Å²) in [5.74, 6) is -0.000203. The van der Waals surface area contributed by atoms with E-state index in [9.17, 15) is 9.18 Å². The first-order valence-electron chi connectivity index (χ1n) is 7.80. The maximum atomic E-state index is 13.2. The number of carbonyl (C=O) groups is 1. The molecule has 2 heterocycles.